The van der Waals surface area contributed by atoms with Crippen molar-refractivity contribution in [1.29, 1.82) is 0 Å². The molecule has 3 rings (SSSR count). The minimum Gasteiger partial charge on any atom is -0.406 e. The third kappa shape index (κ3) is 4.36. The Hall–Kier alpha value is -3.23. The maximum Gasteiger partial charge on any atom is 0.573 e. The summed E-state index contributed by atoms with van der Waals surface area (Å²) < 4.78 is 47.3. The van der Waals surface area contributed by atoms with E-state index in [0.29, 0.717) is 35.5 Å². The van der Waals surface area contributed by atoms with Crippen molar-refractivity contribution in [2.75, 3.05) is 14.1 Å². The van der Waals surface area contributed by atoms with Gasteiger partial charge in [0.1, 0.15) is 5.75 Å². The normalized spacial score (nSPS) is 11.6. The molecular weight excluding hydrogens is 375 g/mol. The van der Waals surface area contributed by atoms with Gasteiger partial charge in [-0.05, 0) is 36.4 Å². The Morgan fingerprint density at radius 1 is 1.21 bits per heavy atom. The van der Waals surface area contributed by atoms with Crippen molar-refractivity contribution < 1.29 is 22.3 Å². The summed E-state index contributed by atoms with van der Waals surface area (Å²) in [6.07, 6.45) is -4.21. The van der Waals surface area contributed by atoms with E-state index in [2.05, 4.69) is 16.3 Å². The summed E-state index contributed by atoms with van der Waals surface area (Å²) in [4.78, 5) is 18.5. The summed E-state index contributed by atoms with van der Waals surface area (Å²) >= 11 is 0. The topological polar surface area (TPSA) is 60.5 Å². The number of aromatic nitrogens is 2. The van der Waals surface area contributed by atoms with Crippen LogP contribution >= 0.6 is 0 Å². The third-order valence-electron chi connectivity index (χ3n) is 4.15. The van der Waals surface area contributed by atoms with Gasteiger partial charge < -0.3 is 14.1 Å². The Kier molecular flexibility index (Phi) is 5.17. The molecule has 28 heavy (non-hydrogen) atoms. The molecule has 0 atom stereocenters. The van der Waals surface area contributed by atoms with Crippen molar-refractivity contribution in [1.82, 2.24) is 14.5 Å². The molecule has 0 saturated heterocycles. The number of allylic oxidation sites excluding steroid dienone is 1. The van der Waals surface area contributed by atoms with E-state index >= 15 is 0 Å². The molecule has 0 fully saturated rings. The van der Waals surface area contributed by atoms with Crippen LogP contribution in [0.2, 0.25) is 0 Å². The van der Waals surface area contributed by atoms with Crippen LogP contribution in [0.15, 0.2) is 57.9 Å². The van der Waals surface area contributed by atoms with Gasteiger partial charge in [-0.15, -0.1) is 13.2 Å². The molecule has 0 aliphatic carbocycles. The van der Waals surface area contributed by atoms with Crippen molar-refractivity contribution in [3.63, 3.8) is 0 Å². The van der Waals surface area contributed by atoms with Crippen molar-refractivity contribution in [3.05, 3.63) is 59.2 Å². The zero-order valence-electron chi connectivity index (χ0n) is 15.3. The summed E-state index contributed by atoms with van der Waals surface area (Å²) in [7, 11) is 3.72. The molecule has 3 aromatic rings. The molecule has 0 spiro atoms. The van der Waals surface area contributed by atoms with Gasteiger partial charge in [-0.2, -0.15) is 0 Å². The standard InChI is InChI=1S/C19H18F3N3O3/c1-12(24(2)3)10-11-25-17-16(27-18(25)26)9-8-15(23-17)13-4-6-14(7-5-13)28-19(20,21)22/h4-9H,1,10-11H2,2-3H3. The molecule has 0 saturated carbocycles. The van der Waals surface area contributed by atoms with E-state index in [1.54, 1.807) is 12.1 Å². The van der Waals surface area contributed by atoms with E-state index in [1.807, 2.05) is 19.0 Å². The van der Waals surface area contributed by atoms with Gasteiger partial charge in [0.05, 0.1) is 5.69 Å². The van der Waals surface area contributed by atoms with Gasteiger partial charge in [-0.1, -0.05) is 6.58 Å². The lowest BCUT2D eigenvalue weighted by Crippen LogP contribution is -2.18. The first-order valence-corrected chi connectivity index (χ1v) is 8.36. The lowest BCUT2D eigenvalue weighted by Gasteiger charge is -2.15. The van der Waals surface area contributed by atoms with Crippen LogP contribution in [0.5, 0.6) is 5.75 Å². The molecule has 0 aliphatic heterocycles. The quantitative estimate of drug-likeness (QED) is 0.633. The van der Waals surface area contributed by atoms with Crippen LogP contribution in [0.25, 0.3) is 22.5 Å². The minimum absolute atomic E-state index is 0.320. The van der Waals surface area contributed by atoms with Gasteiger partial charge in [0.15, 0.2) is 11.2 Å². The molecule has 0 radical (unpaired) electrons. The number of hydrogen-bond acceptors (Lipinski definition) is 5. The molecule has 0 bridgehead atoms. The van der Waals surface area contributed by atoms with Crippen molar-refractivity contribution >= 4 is 11.2 Å². The number of ether oxygens (including phenoxy) is 1. The Bertz CT molecular complexity index is 1050. The van der Waals surface area contributed by atoms with E-state index in [0.717, 1.165) is 5.70 Å². The molecule has 0 N–H and O–H groups in total. The summed E-state index contributed by atoms with van der Waals surface area (Å²) in [6, 6.07) is 8.58. The number of oxazole rings is 1. The Balaban J connectivity index is 1.90. The van der Waals surface area contributed by atoms with E-state index in [9.17, 15) is 18.0 Å². The highest BCUT2D eigenvalue weighted by Crippen LogP contribution is 2.26. The average Bonchev–Trinajstić information content (AvgIpc) is 2.93. The van der Waals surface area contributed by atoms with E-state index in [1.165, 1.54) is 28.8 Å². The first kappa shape index (κ1) is 19.5. The molecule has 148 valence electrons. The Morgan fingerprint density at radius 2 is 1.89 bits per heavy atom. The second kappa shape index (κ2) is 7.41. The number of halogens is 3. The molecule has 1 aromatic carbocycles. The second-order valence-electron chi connectivity index (χ2n) is 6.32. The minimum atomic E-state index is -4.75. The second-order valence-corrected chi connectivity index (χ2v) is 6.32. The number of aryl methyl sites for hydroxylation is 1. The monoisotopic (exact) mass is 393 g/mol. The van der Waals surface area contributed by atoms with Gasteiger partial charge >= 0.3 is 12.1 Å². The van der Waals surface area contributed by atoms with E-state index in [-0.39, 0.29) is 5.75 Å². The van der Waals surface area contributed by atoms with Crippen LogP contribution < -0.4 is 10.5 Å². The maximum atomic E-state index is 12.3. The number of rotatable bonds is 6. The first-order chi connectivity index (χ1) is 13.1. The van der Waals surface area contributed by atoms with Crippen LogP contribution in [-0.2, 0) is 6.54 Å². The fourth-order valence-corrected chi connectivity index (χ4v) is 2.59. The maximum absolute atomic E-state index is 12.3. The highest BCUT2D eigenvalue weighted by atomic mass is 19.4. The molecule has 2 aromatic heterocycles. The zero-order valence-corrected chi connectivity index (χ0v) is 15.3. The zero-order chi connectivity index (χ0) is 20.5. The predicted octanol–water partition coefficient (Wildman–Crippen LogP) is 4.02. The lowest BCUT2D eigenvalue weighted by atomic mass is 10.1. The van der Waals surface area contributed by atoms with Crippen LogP contribution in [0.3, 0.4) is 0 Å². The van der Waals surface area contributed by atoms with Crippen LogP contribution in [0.1, 0.15) is 6.42 Å². The first-order valence-electron chi connectivity index (χ1n) is 8.36. The highest BCUT2D eigenvalue weighted by molar-refractivity contribution is 5.73. The number of fused-ring (bicyclic) bond motifs is 1. The Labute approximate surface area is 158 Å². The molecule has 0 unspecified atom stereocenters. The van der Waals surface area contributed by atoms with Gasteiger partial charge in [0.2, 0.25) is 0 Å². The van der Waals surface area contributed by atoms with Gasteiger partial charge in [0.25, 0.3) is 0 Å². The molecule has 0 aliphatic rings. The number of alkyl halides is 3. The lowest BCUT2D eigenvalue weighted by molar-refractivity contribution is -0.274. The molecule has 0 amide bonds. The fourth-order valence-electron chi connectivity index (χ4n) is 2.59. The van der Waals surface area contributed by atoms with Crippen LogP contribution in [0, 0.1) is 0 Å². The number of hydrogen-bond donors (Lipinski definition) is 0. The summed E-state index contributed by atoms with van der Waals surface area (Å²) in [6.45, 7) is 4.27. The largest absolute Gasteiger partial charge is 0.573 e. The molecule has 2 heterocycles. The smallest absolute Gasteiger partial charge is 0.406 e. The average molecular weight is 393 g/mol. The van der Waals surface area contributed by atoms with Crippen LogP contribution in [0.4, 0.5) is 13.2 Å². The number of nitrogens with zero attached hydrogens (tertiary/aromatic N) is 3. The number of benzene rings is 1. The summed E-state index contributed by atoms with van der Waals surface area (Å²) in [5, 5.41) is 0. The van der Waals surface area contributed by atoms with Gasteiger partial charge in [-0.3, -0.25) is 4.57 Å². The van der Waals surface area contributed by atoms with Gasteiger partial charge in [0, 0.05) is 38.3 Å². The predicted molar refractivity (Wildman–Crippen MR) is 97.8 cm³/mol. The summed E-state index contributed by atoms with van der Waals surface area (Å²) in [5.74, 6) is -0.847. The van der Waals surface area contributed by atoms with Crippen molar-refractivity contribution in [2.24, 2.45) is 0 Å². The van der Waals surface area contributed by atoms with Crippen LogP contribution in [-0.4, -0.2) is 34.9 Å². The third-order valence-corrected chi connectivity index (χ3v) is 4.15. The Morgan fingerprint density at radius 3 is 2.50 bits per heavy atom. The van der Waals surface area contributed by atoms with E-state index in [4.69, 9.17) is 4.42 Å². The van der Waals surface area contributed by atoms with Gasteiger partial charge in [-0.25, -0.2) is 9.78 Å². The fraction of sp³-hybridized carbons (Fsp3) is 0.263. The molecule has 6 nitrogen and oxygen atoms in total. The summed E-state index contributed by atoms with van der Waals surface area (Å²) in [5.41, 5.74) is 2.62. The molecule has 9 heteroatoms. The van der Waals surface area contributed by atoms with E-state index < -0.39 is 12.1 Å². The SMILES string of the molecule is C=C(CCn1c(=O)oc2ccc(-c3ccc(OC(F)(F)F)cc3)nc21)N(C)C. The van der Waals surface area contributed by atoms with Crippen molar-refractivity contribution in [3.8, 4) is 17.0 Å². The highest BCUT2D eigenvalue weighted by Gasteiger charge is 2.31. The van der Waals surface area contributed by atoms with Crippen molar-refractivity contribution in [2.45, 2.75) is 19.3 Å². The number of pyridine rings is 1. The molecular formula is C19H18F3N3O3.